The van der Waals surface area contributed by atoms with Crippen molar-refractivity contribution in [3.63, 3.8) is 0 Å². The molecule has 2 atom stereocenters. The zero-order valence-corrected chi connectivity index (χ0v) is 15.1. The number of aliphatic hydroxyl groups excluding tert-OH is 1. The second-order valence-corrected chi connectivity index (χ2v) is 6.61. The summed E-state index contributed by atoms with van der Waals surface area (Å²) < 4.78 is 5.94. The Morgan fingerprint density at radius 2 is 1.80 bits per heavy atom. The Balaban J connectivity index is 1.65. The van der Waals surface area contributed by atoms with E-state index >= 15 is 0 Å². The summed E-state index contributed by atoms with van der Waals surface area (Å²) in [5, 5.41) is 14.5. The molecule has 0 aliphatic carbocycles. The highest BCUT2D eigenvalue weighted by Crippen LogP contribution is 2.29. The molecule has 0 saturated heterocycles. The van der Waals surface area contributed by atoms with Gasteiger partial charge in [0.05, 0.1) is 12.6 Å². The molecule has 4 heteroatoms. The molecule has 25 heavy (non-hydrogen) atoms. The fraction of sp³-hybridized carbons (Fsp3) is 0.238. The molecule has 0 aliphatic heterocycles. The molecular weight excluding hydrogens is 334 g/mol. The fourth-order valence-corrected chi connectivity index (χ4v) is 2.98. The maximum atomic E-state index is 10.4. The van der Waals surface area contributed by atoms with Crippen molar-refractivity contribution in [2.75, 3.05) is 0 Å². The van der Waals surface area contributed by atoms with Crippen molar-refractivity contribution in [2.45, 2.75) is 32.5 Å². The molecule has 0 spiro atoms. The van der Waals surface area contributed by atoms with E-state index in [1.165, 1.54) is 0 Å². The van der Waals surface area contributed by atoms with Crippen molar-refractivity contribution >= 4 is 11.6 Å². The number of hydrogen-bond donors (Lipinski definition) is 2. The lowest BCUT2D eigenvalue weighted by molar-refractivity contribution is 0.134. The molecule has 3 nitrogen and oxygen atoms in total. The summed E-state index contributed by atoms with van der Waals surface area (Å²) in [5.41, 5.74) is 2.90. The van der Waals surface area contributed by atoms with E-state index in [0.717, 1.165) is 33.2 Å². The Morgan fingerprint density at radius 1 is 1.04 bits per heavy atom. The molecule has 3 rings (SSSR count). The second-order valence-electron chi connectivity index (χ2n) is 6.20. The lowest BCUT2D eigenvalue weighted by Gasteiger charge is -2.20. The quantitative estimate of drug-likeness (QED) is 0.645. The van der Waals surface area contributed by atoms with E-state index in [9.17, 15) is 5.11 Å². The Morgan fingerprint density at radius 3 is 2.56 bits per heavy atom. The molecule has 0 aliphatic rings. The molecule has 1 heterocycles. The Labute approximate surface area is 153 Å². The van der Waals surface area contributed by atoms with Gasteiger partial charge >= 0.3 is 0 Å². The third-order valence-corrected chi connectivity index (χ3v) is 4.82. The van der Waals surface area contributed by atoms with Gasteiger partial charge in [-0.05, 0) is 43.2 Å². The maximum absolute atomic E-state index is 10.4. The second kappa shape index (κ2) is 7.87. The minimum atomic E-state index is -0.564. The first-order chi connectivity index (χ1) is 12.1. The molecule has 0 unspecified atom stereocenters. The van der Waals surface area contributed by atoms with Crippen LogP contribution in [0.4, 0.5) is 0 Å². The van der Waals surface area contributed by atoms with E-state index in [-0.39, 0.29) is 6.04 Å². The van der Waals surface area contributed by atoms with Crippen LogP contribution in [0.1, 0.15) is 29.9 Å². The zero-order chi connectivity index (χ0) is 17.8. The van der Waals surface area contributed by atoms with E-state index in [0.29, 0.717) is 6.54 Å². The van der Waals surface area contributed by atoms with Crippen LogP contribution in [-0.4, -0.2) is 11.1 Å². The number of nitrogens with one attached hydrogen (secondary N) is 1. The number of halogens is 1. The average Bonchev–Trinajstić information content (AvgIpc) is 3.11. The van der Waals surface area contributed by atoms with Gasteiger partial charge in [0.2, 0.25) is 0 Å². The lowest BCUT2D eigenvalue weighted by atomic mass is 10.0. The van der Waals surface area contributed by atoms with Gasteiger partial charge in [-0.1, -0.05) is 54.1 Å². The Bertz CT molecular complexity index is 829. The van der Waals surface area contributed by atoms with Gasteiger partial charge in [0.25, 0.3) is 0 Å². The molecule has 0 bridgehead atoms. The SMILES string of the molecule is Cc1c(Cl)cccc1-c1ccc(CN[C@@H](C)[C@H](O)c2ccccc2)o1. The molecule has 3 aromatic rings. The average molecular weight is 356 g/mol. The topological polar surface area (TPSA) is 45.4 Å². The van der Waals surface area contributed by atoms with Gasteiger partial charge in [-0.2, -0.15) is 0 Å². The van der Waals surface area contributed by atoms with Gasteiger partial charge in [-0.3, -0.25) is 0 Å². The predicted molar refractivity (Wildman–Crippen MR) is 102 cm³/mol. The summed E-state index contributed by atoms with van der Waals surface area (Å²) >= 11 is 6.18. The fourth-order valence-electron chi connectivity index (χ4n) is 2.80. The standard InChI is InChI=1S/C21H22ClNO2/c1-14-18(9-6-10-19(14)22)20-12-11-17(25-20)13-23-15(2)21(24)16-7-4-3-5-8-16/h3-12,15,21,23-24H,13H2,1-2H3/t15-,21-/m0/s1. The van der Waals surface area contributed by atoms with E-state index in [1.54, 1.807) is 0 Å². The van der Waals surface area contributed by atoms with Crippen LogP contribution in [0.2, 0.25) is 5.02 Å². The van der Waals surface area contributed by atoms with Crippen LogP contribution >= 0.6 is 11.6 Å². The Hall–Kier alpha value is -2.07. The summed E-state index contributed by atoms with van der Waals surface area (Å²) in [6, 6.07) is 19.2. The van der Waals surface area contributed by atoms with E-state index in [4.69, 9.17) is 16.0 Å². The van der Waals surface area contributed by atoms with Crippen molar-refractivity contribution in [2.24, 2.45) is 0 Å². The highest BCUT2D eigenvalue weighted by atomic mass is 35.5. The molecule has 0 fully saturated rings. The molecule has 2 N–H and O–H groups in total. The van der Waals surface area contributed by atoms with Crippen molar-refractivity contribution in [3.8, 4) is 11.3 Å². The minimum Gasteiger partial charge on any atom is -0.460 e. The van der Waals surface area contributed by atoms with Crippen LogP contribution in [-0.2, 0) is 6.54 Å². The highest BCUT2D eigenvalue weighted by Gasteiger charge is 2.16. The van der Waals surface area contributed by atoms with Crippen molar-refractivity contribution < 1.29 is 9.52 Å². The first-order valence-electron chi connectivity index (χ1n) is 8.37. The summed E-state index contributed by atoms with van der Waals surface area (Å²) in [4.78, 5) is 0. The number of aliphatic hydroxyl groups is 1. The number of benzene rings is 2. The van der Waals surface area contributed by atoms with Crippen LogP contribution in [0.15, 0.2) is 65.1 Å². The van der Waals surface area contributed by atoms with Crippen LogP contribution < -0.4 is 5.32 Å². The van der Waals surface area contributed by atoms with Crippen LogP contribution in [0.25, 0.3) is 11.3 Å². The van der Waals surface area contributed by atoms with Gasteiger partial charge in [0.15, 0.2) is 0 Å². The largest absolute Gasteiger partial charge is 0.460 e. The molecule has 0 saturated carbocycles. The molecule has 130 valence electrons. The lowest BCUT2D eigenvalue weighted by Crippen LogP contribution is -2.31. The van der Waals surface area contributed by atoms with E-state index in [2.05, 4.69) is 5.32 Å². The minimum absolute atomic E-state index is 0.0937. The zero-order valence-electron chi connectivity index (χ0n) is 14.4. The van der Waals surface area contributed by atoms with Crippen LogP contribution in [0.3, 0.4) is 0 Å². The van der Waals surface area contributed by atoms with Crippen molar-refractivity contribution in [1.29, 1.82) is 0 Å². The highest BCUT2D eigenvalue weighted by molar-refractivity contribution is 6.31. The van der Waals surface area contributed by atoms with Gasteiger partial charge in [-0.15, -0.1) is 0 Å². The number of furan rings is 1. The smallest absolute Gasteiger partial charge is 0.134 e. The normalized spacial score (nSPS) is 13.6. The first-order valence-corrected chi connectivity index (χ1v) is 8.74. The molecule has 0 amide bonds. The van der Waals surface area contributed by atoms with Gasteiger partial charge < -0.3 is 14.8 Å². The van der Waals surface area contributed by atoms with Gasteiger partial charge in [0.1, 0.15) is 11.5 Å². The van der Waals surface area contributed by atoms with Gasteiger partial charge in [-0.25, -0.2) is 0 Å². The number of hydrogen-bond acceptors (Lipinski definition) is 3. The molecule has 0 radical (unpaired) electrons. The van der Waals surface area contributed by atoms with Crippen LogP contribution in [0, 0.1) is 6.92 Å². The molecule has 2 aromatic carbocycles. The van der Waals surface area contributed by atoms with Crippen LogP contribution in [0.5, 0.6) is 0 Å². The van der Waals surface area contributed by atoms with E-state index in [1.807, 2.05) is 74.5 Å². The number of rotatable bonds is 6. The summed E-state index contributed by atoms with van der Waals surface area (Å²) in [7, 11) is 0. The van der Waals surface area contributed by atoms with Gasteiger partial charge in [0, 0.05) is 16.6 Å². The molecular formula is C21H22ClNO2. The monoisotopic (exact) mass is 355 g/mol. The van der Waals surface area contributed by atoms with E-state index < -0.39 is 6.10 Å². The first kappa shape index (κ1) is 17.7. The summed E-state index contributed by atoms with van der Waals surface area (Å²) in [6.45, 7) is 4.49. The Kier molecular flexibility index (Phi) is 5.59. The maximum Gasteiger partial charge on any atom is 0.134 e. The van der Waals surface area contributed by atoms with Crippen molar-refractivity contribution in [3.05, 3.63) is 82.6 Å². The third-order valence-electron chi connectivity index (χ3n) is 4.41. The van der Waals surface area contributed by atoms with Crippen molar-refractivity contribution in [1.82, 2.24) is 5.32 Å². The summed E-state index contributed by atoms with van der Waals surface area (Å²) in [5.74, 6) is 1.62. The molecule has 1 aromatic heterocycles. The predicted octanol–water partition coefficient (Wildman–Crippen LogP) is 5.12. The summed E-state index contributed by atoms with van der Waals surface area (Å²) in [6.07, 6.45) is -0.564. The third kappa shape index (κ3) is 4.13.